The minimum absolute atomic E-state index is 0.0823. The minimum Gasteiger partial charge on any atom is -0.457 e. The Labute approximate surface area is 176 Å². The van der Waals surface area contributed by atoms with E-state index >= 15 is 0 Å². The van der Waals surface area contributed by atoms with Gasteiger partial charge in [-0.25, -0.2) is 4.68 Å². The van der Waals surface area contributed by atoms with Crippen molar-refractivity contribution in [2.24, 2.45) is 5.41 Å². The SMILES string of the molecule is CC(C)(C)[C@]1([C@H](c2cccc(Oc3ccccc3)c2)n2nnc3ccccc32)CO1. The lowest BCUT2D eigenvalue weighted by Crippen LogP contribution is -2.40. The number of hydrogen-bond acceptors (Lipinski definition) is 4. The summed E-state index contributed by atoms with van der Waals surface area (Å²) in [4.78, 5) is 0. The van der Waals surface area contributed by atoms with E-state index in [1.807, 2.05) is 65.3 Å². The first-order valence-electron chi connectivity index (χ1n) is 10.2. The van der Waals surface area contributed by atoms with Crippen molar-refractivity contribution in [1.82, 2.24) is 15.0 Å². The fourth-order valence-corrected chi connectivity index (χ4v) is 4.14. The molecule has 1 aliphatic rings. The van der Waals surface area contributed by atoms with Gasteiger partial charge in [-0.05, 0) is 47.4 Å². The molecule has 0 unspecified atom stereocenters. The molecule has 152 valence electrons. The molecule has 2 heterocycles. The molecule has 2 atom stereocenters. The highest BCUT2D eigenvalue weighted by atomic mass is 16.6. The van der Waals surface area contributed by atoms with Crippen LogP contribution >= 0.6 is 0 Å². The highest BCUT2D eigenvalue weighted by Crippen LogP contribution is 2.54. The molecule has 5 heteroatoms. The highest BCUT2D eigenvalue weighted by Gasteiger charge is 2.61. The third kappa shape index (κ3) is 3.15. The van der Waals surface area contributed by atoms with E-state index in [0.717, 1.165) is 28.1 Å². The van der Waals surface area contributed by atoms with E-state index < -0.39 is 0 Å². The molecular formula is C25H25N3O2. The normalized spacial score (nSPS) is 19.6. The van der Waals surface area contributed by atoms with Crippen LogP contribution < -0.4 is 4.74 Å². The number of ether oxygens (including phenoxy) is 2. The predicted octanol–water partition coefficient (Wildman–Crippen LogP) is 5.63. The zero-order chi connectivity index (χ0) is 20.8. The first kappa shape index (κ1) is 18.8. The quantitative estimate of drug-likeness (QED) is 0.408. The third-order valence-corrected chi connectivity index (χ3v) is 5.94. The summed E-state index contributed by atoms with van der Waals surface area (Å²) in [7, 11) is 0. The van der Waals surface area contributed by atoms with Gasteiger partial charge in [0.15, 0.2) is 0 Å². The minimum atomic E-state index is -0.366. The van der Waals surface area contributed by atoms with E-state index in [1.54, 1.807) is 0 Å². The highest BCUT2D eigenvalue weighted by molar-refractivity contribution is 5.74. The number of epoxide rings is 1. The Hall–Kier alpha value is -3.18. The zero-order valence-corrected chi connectivity index (χ0v) is 17.4. The molecule has 0 saturated carbocycles. The Balaban J connectivity index is 1.62. The summed E-state index contributed by atoms with van der Waals surface area (Å²) in [6.45, 7) is 7.34. The number of benzene rings is 3. The summed E-state index contributed by atoms with van der Waals surface area (Å²) in [6.07, 6.45) is 0. The van der Waals surface area contributed by atoms with Crippen molar-refractivity contribution < 1.29 is 9.47 Å². The van der Waals surface area contributed by atoms with Crippen LogP contribution in [0, 0.1) is 5.41 Å². The van der Waals surface area contributed by atoms with Gasteiger partial charge in [-0.3, -0.25) is 0 Å². The first-order valence-corrected chi connectivity index (χ1v) is 10.2. The standard InChI is InChI=1S/C25H25N3O2/c1-24(2,3)25(17-29-25)23(28-22-15-8-7-14-21(22)26-27-28)18-10-9-13-20(16-18)30-19-11-5-4-6-12-19/h4-16,23H,17H2,1-3H3/t23-,25+/m0/s1. The lowest BCUT2D eigenvalue weighted by molar-refractivity contribution is 0.108. The van der Waals surface area contributed by atoms with E-state index in [-0.39, 0.29) is 17.1 Å². The molecule has 0 bridgehead atoms. The van der Waals surface area contributed by atoms with Gasteiger partial charge in [0, 0.05) is 0 Å². The van der Waals surface area contributed by atoms with E-state index in [1.165, 1.54) is 0 Å². The fraction of sp³-hybridized carbons (Fsp3) is 0.280. The van der Waals surface area contributed by atoms with Gasteiger partial charge in [-0.2, -0.15) is 0 Å². The second kappa shape index (κ2) is 6.96. The van der Waals surface area contributed by atoms with Crippen LogP contribution in [0.1, 0.15) is 32.4 Å². The maximum Gasteiger partial charge on any atom is 0.127 e. The van der Waals surface area contributed by atoms with Gasteiger partial charge in [0.25, 0.3) is 0 Å². The molecule has 0 amide bonds. The molecule has 5 nitrogen and oxygen atoms in total. The van der Waals surface area contributed by atoms with Gasteiger partial charge in [0.2, 0.25) is 0 Å². The maximum atomic E-state index is 6.18. The van der Waals surface area contributed by atoms with Crippen molar-refractivity contribution in [3.05, 3.63) is 84.4 Å². The van der Waals surface area contributed by atoms with Crippen LogP contribution in [0.25, 0.3) is 11.0 Å². The topological polar surface area (TPSA) is 52.5 Å². The number of nitrogens with zero attached hydrogens (tertiary/aromatic N) is 3. The lowest BCUT2D eigenvalue weighted by Gasteiger charge is -2.35. The Morgan fingerprint density at radius 3 is 2.37 bits per heavy atom. The average Bonchev–Trinajstić information content (AvgIpc) is 3.44. The van der Waals surface area contributed by atoms with Crippen LogP contribution in [0.15, 0.2) is 78.9 Å². The van der Waals surface area contributed by atoms with Crippen molar-refractivity contribution in [2.75, 3.05) is 6.61 Å². The molecule has 4 aromatic rings. The van der Waals surface area contributed by atoms with Crippen molar-refractivity contribution in [3.63, 3.8) is 0 Å². The molecule has 30 heavy (non-hydrogen) atoms. The molecule has 0 aliphatic carbocycles. The molecule has 1 saturated heterocycles. The number of aromatic nitrogens is 3. The van der Waals surface area contributed by atoms with Crippen LogP contribution in [-0.2, 0) is 4.74 Å². The summed E-state index contributed by atoms with van der Waals surface area (Å²) in [5.74, 6) is 1.60. The second-order valence-electron chi connectivity index (χ2n) is 8.84. The monoisotopic (exact) mass is 399 g/mol. The summed E-state index contributed by atoms with van der Waals surface area (Å²) in [5, 5.41) is 8.96. The Bertz CT molecular complexity index is 1170. The summed E-state index contributed by atoms with van der Waals surface area (Å²) >= 11 is 0. The van der Waals surface area contributed by atoms with E-state index in [0.29, 0.717) is 6.61 Å². The van der Waals surface area contributed by atoms with E-state index in [2.05, 4.69) is 49.3 Å². The van der Waals surface area contributed by atoms with Crippen LogP contribution in [0.4, 0.5) is 0 Å². The van der Waals surface area contributed by atoms with Gasteiger partial charge < -0.3 is 9.47 Å². The van der Waals surface area contributed by atoms with Gasteiger partial charge in [0.05, 0.1) is 12.1 Å². The Morgan fingerprint density at radius 2 is 1.63 bits per heavy atom. The van der Waals surface area contributed by atoms with Crippen molar-refractivity contribution in [3.8, 4) is 11.5 Å². The van der Waals surface area contributed by atoms with Crippen molar-refractivity contribution in [2.45, 2.75) is 32.4 Å². The molecule has 1 fully saturated rings. The molecule has 0 spiro atoms. The summed E-state index contributed by atoms with van der Waals surface area (Å²) in [5.41, 5.74) is 2.52. The molecule has 5 rings (SSSR count). The third-order valence-electron chi connectivity index (χ3n) is 5.94. The number of para-hydroxylation sites is 2. The van der Waals surface area contributed by atoms with Crippen LogP contribution in [0.3, 0.4) is 0 Å². The fourth-order valence-electron chi connectivity index (χ4n) is 4.14. The van der Waals surface area contributed by atoms with Gasteiger partial charge >= 0.3 is 0 Å². The van der Waals surface area contributed by atoms with Gasteiger partial charge in [-0.1, -0.05) is 68.4 Å². The molecule has 0 radical (unpaired) electrons. The summed E-state index contributed by atoms with van der Waals surface area (Å²) < 4.78 is 14.3. The Kier molecular flexibility index (Phi) is 4.36. The van der Waals surface area contributed by atoms with Crippen molar-refractivity contribution >= 4 is 11.0 Å². The molecular weight excluding hydrogens is 374 g/mol. The van der Waals surface area contributed by atoms with Crippen LogP contribution in [0.5, 0.6) is 11.5 Å². The number of rotatable bonds is 5. The first-order chi connectivity index (χ1) is 14.5. The lowest BCUT2D eigenvalue weighted by atomic mass is 9.74. The molecule has 1 aliphatic heterocycles. The van der Waals surface area contributed by atoms with E-state index in [9.17, 15) is 0 Å². The van der Waals surface area contributed by atoms with Crippen LogP contribution in [0.2, 0.25) is 0 Å². The largest absolute Gasteiger partial charge is 0.457 e. The Morgan fingerprint density at radius 1 is 0.933 bits per heavy atom. The van der Waals surface area contributed by atoms with Crippen molar-refractivity contribution in [1.29, 1.82) is 0 Å². The van der Waals surface area contributed by atoms with Gasteiger partial charge in [0.1, 0.15) is 28.7 Å². The average molecular weight is 399 g/mol. The van der Waals surface area contributed by atoms with E-state index in [4.69, 9.17) is 9.47 Å². The number of fused-ring (bicyclic) bond motifs is 1. The second-order valence-corrected chi connectivity index (χ2v) is 8.84. The molecule has 1 aromatic heterocycles. The molecule has 3 aromatic carbocycles. The molecule has 0 N–H and O–H groups in total. The van der Waals surface area contributed by atoms with Crippen LogP contribution in [-0.4, -0.2) is 27.2 Å². The van der Waals surface area contributed by atoms with Gasteiger partial charge in [-0.15, -0.1) is 5.10 Å². The summed E-state index contributed by atoms with van der Waals surface area (Å²) in [6, 6.07) is 26.0. The zero-order valence-electron chi connectivity index (χ0n) is 17.4. The number of hydrogen-bond donors (Lipinski definition) is 0. The smallest absolute Gasteiger partial charge is 0.127 e. The predicted molar refractivity (Wildman–Crippen MR) is 117 cm³/mol. The maximum absolute atomic E-state index is 6.18.